The number of hydrogen-bond acceptors (Lipinski definition) is 3. The van der Waals surface area contributed by atoms with Crippen LogP contribution in [0.1, 0.15) is 72.7 Å². The van der Waals surface area contributed by atoms with Crippen LogP contribution in [0.25, 0.3) is 0 Å². The first kappa shape index (κ1) is 14.0. The molecule has 1 aromatic carbocycles. The molecule has 21 heavy (non-hydrogen) atoms. The summed E-state index contributed by atoms with van der Waals surface area (Å²) in [6.07, 6.45) is 6.88. The SMILES string of the molecule is CC(c1ccccc1)n1nnc(C=O)c1C1CCCCC1. The molecule has 1 aliphatic rings. The molecule has 0 spiro atoms. The molecule has 0 N–H and O–H groups in total. The zero-order valence-electron chi connectivity index (χ0n) is 12.4. The van der Waals surface area contributed by atoms with E-state index in [1.165, 1.54) is 24.8 Å². The molecule has 110 valence electrons. The summed E-state index contributed by atoms with van der Waals surface area (Å²) in [5.74, 6) is 0.417. The molecule has 1 atom stereocenters. The van der Waals surface area contributed by atoms with Crippen molar-refractivity contribution in [2.45, 2.75) is 51.0 Å². The van der Waals surface area contributed by atoms with Crippen LogP contribution in [0.2, 0.25) is 0 Å². The minimum absolute atomic E-state index is 0.101. The van der Waals surface area contributed by atoms with Gasteiger partial charge in [-0.3, -0.25) is 4.79 Å². The summed E-state index contributed by atoms with van der Waals surface area (Å²) in [6, 6.07) is 10.4. The van der Waals surface area contributed by atoms with E-state index >= 15 is 0 Å². The number of aldehydes is 1. The smallest absolute Gasteiger partial charge is 0.172 e. The zero-order valence-corrected chi connectivity index (χ0v) is 12.4. The molecule has 0 amide bonds. The number of carbonyl (C=O) groups is 1. The predicted molar refractivity (Wildman–Crippen MR) is 81.5 cm³/mol. The lowest BCUT2D eigenvalue weighted by molar-refractivity contribution is 0.111. The quantitative estimate of drug-likeness (QED) is 0.803. The Morgan fingerprint density at radius 1 is 1.19 bits per heavy atom. The molecule has 0 bridgehead atoms. The maximum Gasteiger partial charge on any atom is 0.172 e. The fourth-order valence-corrected chi connectivity index (χ4v) is 3.33. The van der Waals surface area contributed by atoms with Gasteiger partial charge in [-0.25, -0.2) is 4.68 Å². The molecule has 3 rings (SSSR count). The first-order valence-electron chi connectivity index (χ1n) is 7.76. The third-order valence-electron chi connectivity index (χ3n) is 4.51. The van der Waals surface area contributed by atoms with Gasteiger partial charge in [0.2, 0.25) is 0 Å². The predicted octanol–water partition coefficient (Wildman–Crippen LogP) is 3.75. The van der Waals surface area contributed by atoms with Crippen LogP contribution in [0, 0.1) is 0 Å². The number of hydrogen-bond donors (Lipinski definition) is 0. The van der Waals surface area contributed by atoms with Crippen molar-refractivity contribution in [3.05, 3.63) is 47.3 Å². The van der Waals surface area contributed by atoms with E-state index in [0.29, 0.717) is 11.6 Å². The Kier molecular flexibility index (Phi) is 4.13. The van der Waals surface area contributed by atoms with Crippen LogP contribution in [-0.2, 0) is 0 Å². The van der Waals surface area contributed by atoms with Crippen molar-refractivity contribution in [1.29, 1.82) is 0 Å². The van der Waals surface area contributed by atoms with Gasteiger partial charge < -0.3 is 0 Å². The van der Waals surface area contributed by atoms with Gasteiger partial charge in [0.25, 0.3) is 0 Å². The van der Waals surface area contributed by atoms with Crippen LogP contribution in [0.5, 0.6) is 0 Å². The van der Waals surface area contributed by atoms with Crippen molar-refractivity contribution < 1.29 is 4.79 Å². The maximum atomic E-state index is 11.3. The standard InChI is InChI=1S/C17H21N3O/c1-13(14-8-4-2-5-9-14)20-17(16(12-21)18-19-20)15-10-6-3-7-11-15/h2,4-5,8-9,12-13,15H,3,6-7,10-11H2,1H3. The van der Waals surface area contributed by atoms with E-state index in [9.17, 15) is 4.79 Å². The van der Waals surface area contributed by atoms with E-state index < -0.39 is 0 Å². The molecular formula is C17H21N3O. The summed E-state index contributed by atoms with van der Waals surface area (Å²) in [6.45, 7) is 2.12. The molecule has 1 saturated carbocycles. The normalized spacial score (nSPS) is 17.6. The highest BCUT2D eigenvalue weighted by Gasteiger charge is 2.26. The van der Waals surface area contributed by atoms with E-state index in [0.717, 1.165) is 24.8 Å². The van der Waals surface area contributed by atoms with Gasteiger partial charge in [-0.2, -0.15) is 0 Å². The second kappa shape index (κ2) is 6.20. The topological polar surface area (TPSA) is 47.8 Å². The van der Waals surface area contributed by atoms with Gasteiger partial charge in [-0.15, -0.1) is 5.10 Å². The third kappa shape index (κ3) is 2.75. The molecule has 0 saturated heterocycles. The highest BCUT2D eigenvalue weighted by atomic mass is 16.1. The zero-order chi connectivity index (χ0) is 14.7. The van der Waals surface area contributed by atoms with Crippen molar-refractivity contribution in [2.75, 3.05) is 0 Å². The molecule has 1 unspecified atom stereocenters. The molecule has 1 fully saturated rings. The highest BCUT2D eigenvalue weighted by Crippen LogP contribution is 2.35. The summed E-state index contributed by atoms with van der Waals surface area (Å²) in [5.41, 5.74) is 2.74. The minimum Gasteiger partial charge on any atom is -0.296 e. The van der Waals surface area contributed by atoms with Crippen LogP contribution in [0.15, 0.2) is 30.3 Å². The van der Waals surface area contributed by atoms with Crippen molar-refractivity contribution in [3.8, 4) is 0 Å². The first-order chi connectivity index (χ1) is 10.3. The highest BCUT2D eigenvalue weighted by molar-refractivity contribution is 5.73. The largest absolute Gasteiger partial charge is 0.296 e. The number of aromatic nitrogens is 3. The Labute approximate surface area is 125 Å². The van der Waals surface area contributed by atoms with E-state index in [4.69, 9.17) is 0 Å². The van der Waals surface area contributed by atoms with E-state index in [1.54, 1.807) is 0 Å². The Morgan fingerprint density at radius 2 is 1.90 bits per heavy atom. The first-order valence-corrected chi connectivity index (χ1v) is 7.76. The fourth-order valence-electron chi connectivity index (χ4n) is 3.33. The second-order valence-electron chi connectivity index (χ2n) is 5.84. The lowest BCUT2D eigenvalue weighted by atomic mass is 9.86. The Hall–Kier alpha value is -1.97. The molecule has 1 aromatic heterocycles. The van der Waals surface area contributed by atoms with Gasteiger partial charge >= 0.3 is 0 Å². The summed E-state index contributed by atoms with van der Waals surface area (Å²) in [5, 5.41) is 8.38. The maximum absolute atomic E-state index is 11.3. The van der Waals surface area contributed by atoms with Crippen molar-refractivity contribution in [3.63, 3.8) is 0 Å². The molecule has 4 heteroatoms. The minimum atomic E-state index is 0.101. The molecule has 1 heterocycles. The van der Waals surface area contributed by atoms with Crippen molar-refractivity contribution >= 4 is 6.29 Å². The molecule has 0 aliphatic heterocycles. The molecular weight excluding hydrogens is 262 g/mol. The average molecular weight is 283 g/mol. The lowest BCUT2D eigenvalue weighted by Crippen LogP contribution is -2.17. The van der Waals surface area contributed by atoms with E-state index in [2.05, 4.69) is 29.4 Å². The van der Waals surface area contributed by atoms with Gasteiger partial charge in [0.15, 0.2) is 6.29 Å². The summed E-state index contributed by atoms with van der Waals surface area (Å²) >= 11 is 0. The number of carbonyl (C=O) groups excluding carboxylic acids is 1. The molecule has 4 nitrogen and oxygen atoms in total. The van der Waals surface area contributed by atoms with Crippen molar-refractivity contribution in [2.24, 2.45) is 0 Å². The number of benzene rings is 1. The summed E-state index contributed by atoms with van der Waals surface area (Å²) < 4.78 is 1.95. The van der Waals surface area contributed by atoms with Crippen molar-refractivity contribution in [1.82, 2.24) is 15.0 Å². The fraction of sp³-hybridized carbons (Fsp3) is 0.471. The van der Waals surface area contributed by atoms with Crippen LogP contribution < -0.4 is 0 Å². The Bertz CT molecular complexity index is 600. The number of rotatable bonds is 4. The van der Waals surface area contributed by atoms with Gasteiger partial charge in [0.1, 0.15) is 5.69 Å². The van der Waals surface area contributed by atoms with Crippen LogP contribution in [-0.4, -0.2) is 21.3 Å². The molecule has 0 radical (unpaired) electrons. The second-order valence-corrected chi connectivity index (χ2v) is 5.84. The average Bonchev–Trinajstić information content (AvgIpc) is 2.99. The monoisotopic (exact) mass is 283 g/mol. The number of nitrogens with zero attached hydrogens (tertiary/aromatic N) is 3. The Morgan fingerprint density at radius 3 is 2.57 bits per heavy atom. The molecule has 1 aliphatic carbocycles. The summed E-state index contributed by atoms with van der Waals surface area (Å²) in [7, 11) is 0. The van der Waals surface area contributed by atoms with Crippen LogP contribution in [0.4, 0.5) is 0 Å². The van der Waals surface area contributed by atoms with E-state index in [1.807, 2.05) is 22.9 Å². The summed E-state index contributed by atoms with van der Waals surface area (Å²) in [4.78, 5) is 11.3. The van der Waals surface area contributed by atoms with Gasteiger partial charge in [0.05, 0.1) is 11.7 Å². The van der Waals surface area contributed by atoms with Gasteiger partial charge in [-0.05, 0) is 25.3 Å². The molecule has 2 aromatic rings. The lowest BCUT2D eigenvalue weighted by Gasteiger charge is -2.24. The van der Waals surface area contributed by atoms with Crippen LogP contribution in [0.3, 0.4) is 0 Å². The van der Waals surface area contributed by atoms with Crippen LogP contribution >= 0.6 is 0 Å². The van der Waals surface area contributed by atoms with Gasteiger partial charge in [0, 0.05) is 5.92 Å². The third-order valence-corrected chi connectivity index (χ3v) is 4.51. The van der Waals surface area contributed by atoms with E-state index in [-0.39, 0.29) is 6.04 Å². The van der Waals surface area contributed by atoms with Gasteiger partial charge in [-0.1, -0.05) is 54.8 Å². The Balaban J connectivity index is 1.98.